The molecule has 0 aromatic heterocycles. The molecular weight excluding hydrogens is 360 g/mol. The average Bonchev–Trinajstić information content (AvgIpc) is 2.68. The van der Waals surface area contributed by atoms with E-state index in [1.165, 1.54) is 4.90 Å². The van der Waals surface area contributed by atoms with E-state index in [1.54, 1.807) is 30.3 Å². The molecule has 28 heavy (non-hydrogen) atoms. The Bertz CT molecular complexity index is 836. The fourth-order valence-electron chi connectivity index (χ4n) is 2.44. The maximum Gasteiger partial charge on any atom is 0.344 e. The van der Waals surface area contributed by atoms with Crippen LogP contribution in [0.5, 0.6) is 5.75 Å². The zero-order chi connectivity index (χ0) is 20.5. The third kappa shape index (κ3) is 6.42. The number of para-hydroxylation sites is 1. The molecule has 0 heterocycles. The molecule has 2 N–H and O–H groups in total. The molecule has 2 rings (SSSR count). The number of primary amides is 1. The van der Waals surface area contributed by atoms with Gasteiger partial charge in [-0.2, -0.15) is 0 Å². The van der Waals surface area contributed by atoms with Gasteiger partial charge in [-0.25, -0.2) is 4.79 Å². The topological polar surface area (TPSA) is 98.9 Å². The van der Waals surface area contributed by atoms with Crippen LogP contribution in [0.15, 0.2) is 48.5 Å². The predicted octanol–water partition coefficient (Wildman–Crippen LogP) is 2.13. The van der Waals surface area contributed by atoms with Gasteiger partial charge < -0.3 is 20.1 Å². The summed E-state index contributed by atoms with van der Waals surface area (Å²) in [4.78, 5) is 36.8. The number of carbonyl (C=O) groups excluding carboxylic acids is 3. The van der Waals surface area contributed by atoms with Crippen molar-refractivity contribution in [3.63, 3.8) is 0 Å². The highest BCUT2D eigenvalue weighted by Crippen LogP contribution is 2.16. The number of anilines is 1. The minimum Gasteiger partial charge on any atom is -0.482 e. The van der Waals surface area contributed by atoms with Crippen molar-refractivity contribution in [1.29, 1.82) is 0 Å². The Labute approximate surface area is 164 Å². The van der Waals surface area contributed by atoms with Gasteiger partial charge in [0.15, 0.2) is 13.2 Å². The Morgan fingerprint density at radius 3 is 2.32 bits per heavy atom. The number of hydrogen-bond donors (Lipinski definition) is 1. The first-order chi connectivity index (χ1) is 13.4. The quantitative estimate of drug-likeness (QED) is 0.668. The number of rotatable bonds is 9. The van der Waals surface area contributed by atoms with E-state index >= 15 is 0 Å². The van der Waals surface area contributed by atoms with E-state index in [4.69, 9.17) is 15.2 Å². The minimum atomic E-state index is -0.658. The summed E-state index contributed by atoms with van der Waals surface area (Å²) in [6.45, 7) is 3.28. The maximum atomic E-state index is 12.5. The molecule has 148 valence electrons. The lowest BCUT2D eigenvalue weighted by Crippen LogP contribution is -2.37. The highest BCUT2D eigenvalue weighted by Gasteiger charge is 2.18. The van der Waals surface area contributed by atoms with Gasteiger partial charge in [0.05, 0.1) is 0 Å². The highest BCUT2D eigenvalue weighted by atomic mass is 16.6. The summed E-state index contributed by atoms with van der Waals surface area (Å²) in [7, 11) is 0. The van der Waals surface area contributed by atoms with Crippen molar-refractivity contribution in [2.45, 2.75) is 20.3 Å². The third-order valence-corrected chi connectivity index (χ3v) is 4.14. The van der Waals surface area contributed by atoms with Crippen LogP contribution in [0.1, 0.15) is 17.5 Å². The second-order valence-electron chi connectivity index (χ2n) is 6.29. The monoisotopic (exact) mass is 384 g/mol. The summed E-state index contributed by atoms with van der Waals surface area (Å²) >= 11 is 0. The lowest BCUT2D eigenvalue weighted by Gasteiger charge is -2.22. The molecule has 0 spiro atoms. The zero-order valence-electron chi connectivity index (χ0n) is 16.0. The van der Waals surface area contributed by atoms with E-state index in [0.29, 0.717) is 11.4 Å². The smallest absolute Gasteiger partial charge is 0.344 e. The number of nitrogens with two attached hydrogens (primary N) is 1. The second kappa shape index (κ2) is 10.1. The average molecular weight is 384 g/mol. The molecule has 0 aliphatic rings. The number of benzene rings is 2. The van der Waals surface area contributed by atoms with Crippen molar-refractivity contribution >= 4 is 23.5 Å². The van der Waals surface area contributed by atoms with Crippen LogP contribution >= 0.6 is 0 Å². The molecule has 0 radical (unpaired) electrons. The van der Waals surface area contributed by atoms with E-state index in [0.717, 1.165) is 11.1 Å². The van der Waals surface area contributed by atoms with Gasteiger partial charge in [-0.3, -0.25) is 9.59 Å². The minimum absolute atomic E-state index is 0.00443. The summed E-state index contributed by atoms with van der Waals surface area (Å²) in [6.07, 6.45) is 0.00443. The van der Waals surface area contributed by atoms with Crippen LogP contribution in [0.25, 0.3) is 0 Å². The number of esters is 1. The summed E-state index contributed by atoms with van der Waals surface area (Å²) in [6, 6.07) is 14.3. The first kappa shape index (κ1) is 21.0. The van der Waals surface area contributed by atoms with Crippen LogP contribution in [0.4, 0.5) is 5.69 Å². The van der Waals surface area contributed by atoms with Gasteiger partial charge in [-0.1, -0.05) is 24.3 Å². The predicted molar refractivity (Wildman–Crippen MR) is 105 cm³/mol. The molecule has 0 saturated heterocycles. The molecule has 0 aliphatic heterocycles. The van der Waals surface area contributed by atoms with Crippen LogP contribution in [0.3, 0.4) is 0 Å². The maximum absolute atomic E-state index is 12.5. The van der Waals surface area contributed by atoms with E-state index in [-0.39, 0.29) is 19.6 Å². The molecule has 0 atom stereocenters. The molecule has 7 heteroatoms. The number of hydrogen-bond acceptors (Lipinski definition) is 5. The van der Waals surface area contributed by atoms with Crippen LogP contribution in [0.2, 0.25) is 0 Å². The van der Waals surface area contributed by atoms with Gasteiger partial charge in [0.1, 0.15) is 5.75 Å². The van der Waals surface area contributed by atoms with Crippen LogP contribution < -0.4 is 15.4 Å². The second-order valence-corrected chi connectivity index (χ2v) is 6.29. The first-order valence-corrected chi connectivity index (χ1v) is 8.86. The van der Waals surface area contributed by atoms with Crippen molar-refractivity contribution in [3.8, 4) is 5.75 Å². The molecule has 2 amide bonds. The van der Waals surface area contributed by atoms with Crippen molar-refractivity contribution in [2.24, 2.45) is 5.73 Å². The van der Waals surface area contributed by atoms with E-state index < -0.39 is 24.4 Å². The molecular formula is C21H24N2O5. The Morgan fingerprint density at radius 1 is 0.964 bits per heavy atom. The number of carbonyl (C=O) groups is 3. The van der Waals surface area contributed by atoms with Crippen molar-refractivity contribution in [3.05, 3.63) is 59.7 Å². The highest BCUT2D eigenvalue weighted by molar-refractivity contribution is 5.95. The van der Waals surface area contributed by atoms with Crippen LogP contribution in [-0.2, 0) is 19.1 Å². The largest absolute Gasteiger partial charge is 0.482 e. The lowest BCUT2D eigenvalue weighted by molar-refractivity contribution is -0.149. The zero-order valence-corrected chi connectivity index (χ0v) is 16.0. The number of ether oxygens (including phenoxy) is 2. The Morgan fingerprint density at radius 2 is 1.68 bits per heavy atom. The Balaban J connectivity index is 1.89. The third-order valence-electron chi connectivity index (χ3n) is 4.14. The number of nitrogens with zero attached hydrogens (tertiary/aromatic N) is 1. The van der Waals surface area contributed by atoms with Crippen molar-refractivity contribution < 1.29 is 23.9 Å². The van der Waals surface area contributed by atoms with Gasteiger partial charge in [0, 0.05) is 18.7 Å². The lowest BCUT2D eigenvalue weighted by atomic mass is 10.1. The van der Waals surface area contributed by atoms with E-state index in [9.17, 15) is 14.4 Å². The summed E-state index contributed by atoms with van der Waals surface area (Å²) in [5.74, 6) is -1.08. The fraction of sp³-hybridized carbons (Fsp3) is 0.286. The van der Waals surface area contributed by atoms with Crippen LogP contribution in [-0.4, -0.2) is 37.5 Å². The van der Waals surface area contributed by atoms with Crippen LogP contribution in [0, 0.1) is 13.8 Å². The molecule has 2 aromatic carbocycles. The van der Waals surface area contributed by atoms with E-state index in [1.807, 2.05) is 32.0 Å². The van der Waals surface area contributed by atoms with Crippen molar-refractivity contribution in [2.75, 3.05) is 24.7 Å². The molecule has 7 nitrogen and oxygen atoms in total. The van der Waals surface area contributed by atoms with Crippen molar-refractivity contribution in [1.82, 2.24) is 0 Å². The normalized spacial score (nSPS) is 10.2. The van der Waals surface area contributed by atoms with Gasteiger partial charge in [-0.05, 0) is 49.2 Å². The van der Waals surface area contributed by atoms with Gasteiger partial charge in [0.25, 0.3) is 5.91 Å². The van der Waals surface area contributed by atoms with Gasteiger partial charge >= 0.3 is 5.97 Å². The molecule has 0 unspecified atom stereocenters. The Kier molecular flexibility index (Phi) is 7.56. The summed E-state index contributed by atoms with van der Waals surface area (Å²) < 4.78 is 10.4. The van der Waals surface area contributed by atoms with Gasteiger partial charge in [0.2, 0.25) is 5.91 Å². The SMILES string of the molecule is Cc1ccc(OCC(=O)OCC(=O)N(CCC(N)=O)c2ccccc2)cc1C. The summed E-state index contributed by atoms with van der Waals surface area (Å²) in [5.41, 5.74) is 7.94. The number of amides is 2. The van der Waals surface area contributed by atoms with E-state index in [2.05, 4.69) is 0 Å². The fourth-order valence-corrected chi connectivity index (χ4v) is 2.44. The molecule has 2 aromatic rings. The number of aryl methyl sites for hydroxylation is 2. The molecule has 0 aliphatic carbocycles. The van der Waals surface area contributed by atoms with Gasteiger partial charge in [-0.15, -0.1) is 0 Å². The molecule has 0 fully saturated rings. The molecule has 0 saturated carbocycles. The standard InChI is InChI=1S/C21H24N2O5/c1-15-8-9-18(12-16(15)2)27-14-21(26)28-13-20(25)23(11-10-19(22)24)17-6-4-3-5-7-17/h3-9,12H,10-11,13-14H2,1-2H3,(H2,22,24). The first-order valence-electron chi connectivity index (χ1n) is 8.86. The summed E-state index contributed by atoms with van der Waals surface area (Å²) in [5, 5.41) is 0. The molecule has 0 bridgehead atoms. The Hall–Kier alpha value is -3.35.